The molecule has 0 aliphatic rings. The molecule has 0 radical (unpaired) electrons. The van der Waals surface area contributed by atoms with E-state index in [1.165, 1.54) is 12.8 Å². The van der Waals surface area contributed by atoms with E-state index in [-0.39, 0.29) is 0 Å². The summed E-state index contributed by atoms with van der Waals surface area (Å²) in [6, 6.07) is 0. The summed E-state index contributed by atoms with van der Waals surface area (Å²) in [6.07, 6.45) is 8.89. The average molecular weight is 254 g/mol. The Morgan fingerprint density at radius 1 is 1.12 bits per heavy atom. The number of hydrogen-bond acceptors (Lipinski definition) is 1. The Balaban J connectivity index is 3.82. The molecule has 0 aromatic rings. The monoisotopic (exact) mass is 254 g/mol. The summed E-state index contributed by atoms with van der Waals surface area (Å²) >= 11 is 0. The number of hydrogen-bond donors (Lipinski definition) is 0. The summed E-state index contributed by atoms with van der Waals surface area (Å²) < 4.78 is 6.08. The summed E-state index contributed by atoms with van der Waals surface area (Å²) in [5, 5.41) is 0.313. The molecule has 0 aromatic heterocycles. The largest absolute Gasteiger partial charge is 0.416 e. The van der Waals surface area contributed by atoms with Gasteiger partial charge >= 0.3 is 0 Å². The molecule has 2 heteroatoms. The predicted octanol–water partition coefficient (Wildman–Crippen LogP) is 5.30. The van der Waals surface area contributed by atoms with Gasteiger partial charge in [0.05, 0.1) is 0 Å². The van der Waals surface area contributed by atoms with Crippen molar-refractivity contribution < 1.29 is 4.43 Å². The highest BCUT2D eigenvalue weighted by atomic mass is 28.4. The van der Waals surface area contributed by atoms with Crippen LogP contribution in [0, 0.1) is 0 Å². The highest BCUT2D eigenvalue weighted by molar-refractivity contribution is 6.74. The minimum Gasteiger partial charge on any atom is -0.416 e. The zero-order valence-corrected chi connectivity index (χ0v) is 13.6. The molecule has 0 fully saturated rings. The molecule has 17 heavy (non-hydrogen) atoms. The molecule has 0 aliphatic heterocycles. The van der Waals surface area contributed by atoms with Crippen molar-refractivity contribution in [2.24, 2.45) is 0 Å². The van der Waals surface area contributed by atoms with Crippen molar-refractivity contribution in [3.05, 3.63) is 17.9 Å². The molecule has 0 rings (SSSR count). The summed E-state index contributed by atoms with van der Waals surface area (Å²) in [5.41, 5.74) is 3.23. The summed E-state index contributed by atoms with van der Waals surface area (Å²) in [7, 11) is -1.54. The van der Waals surface area contributed by atoms with Crippen LogP contribution < -0.4 is 0 Å². The van der Waals surface area contributed by atoms with Gasteiger partial charge in [-0.15, -0.1) is 5.73 Å². The van der Waals surface area contributed by atoms with Gasteiger partial charge in [-0.05, 0) is 49.5 Å². The first-order valence-electron chi connectivity index (χ1n) is 6.84. The topological polar surface area (TPSA) is 9.23 Å². The maximum Gasteiger partial charge on any atom is 0.191 e. The first-order valence-corrected chi connectivity index (χ1v) is 9.75. The number of rotatable bonds is 7. The zero-order chi connectivity index (χ0) is 13.4. The lowest BCUT2D eigenvalue weighted by molar-refractivity contribution is 0.294. The minimum absolute atomic E-state index is 0.313. The Labute approximate surface area is 109 Å². The van der Waals surface area contributed by atoms with E-state index in [9.17, 15) is 0 Å². The quantitative estimate of drug-likeness (QED) is 0.340. The second kappa shape index (κ2) is 7.92. The second-order valence-corrected chi connectivity index (χ2v) is 10.9. The third kappa shape index (κ3) is 7.59. The highest BCUT2D eigenvalue weighted by Gasteiger charge is 2.36. The van der Waals surface area contributed by atoms with Gasteiger partial charge in [0.25, 0.3) is 0 Å². The lowest BCUT2D eigenvalue weighted by Gasteiger charge is -2.36. The van der Waals surface area contributed by atoms with Crippen molar-refractivity contribution in [2.75, 3.05) is 6.61 Å². The van der Waals surface area contributed by atoms with Crippen LogP contribution in [-0.4, -0.2) is 14.9 Å². The zero-order valence-electron chi connectivity index (χ0n) is 12.6. The Kier molecular flexibility index (Phi) is 7.77. The van der Waals surface area contributed by atoms with E-state index in [0.29, 0.717) is 5.04 Å². The van der Waals surface area contributed by atoms with E-state index in [0.717, 1.165) is 19.4 Å². The van der Waals surface area contributed by atoms with Crippen LogP contribution in [0.3, 0.4) is 0 Å². The number of unbranched alkanes of at least 4 members (excludes halogenated alkanes) is 2. The first-order chi connectivity index (χ1) is 7.81. The Bertz CT molecular complexity index is 255. The lowest BCUT2D eigenvalue weighted by Crippen LogP contribution is -2.40. The van der Waals surface area contributed by atoms with E-state index in [4.69, 9.17) is 4.43 Å². The van der Waals surface area contributed by atoms with Gasteiger partial charge in [-0.3, -0.25) is 0 Å². The van der Waals surface area contributed by atoms with Crippen molar-refractivity contribution in [1.29, 1.82) is 0 Å². The third-order valence-electron chi connectivity index (χ3n) is 3.47. The normalized spacial score (nSPS) is 12.1. The summed E-state index contributed by atoms with van der Waals surface area (Å²) in [5.74, 6) is 0. The molecule has 0 heterocycles. The van der Waals surface area contributed by atoms with Crippen LogP contribution in [0.4, 0.5) is 0 Å². The standard InChI is InChI=1S/C15H30OSi/c1-7-8-9-10-11-12-13-14-16-17(5,6)15(2,3)4/h10,12H,7-9,13-14H2,1-6H3. The molecule has 0 spiro atoms. The van der Waals surface area contributed by atoms with Crippen LogP contribution in [0.2, 0.25) is 18.1 Å². The molecular weight excluding hydrogens is 224 g/mol. The van der Waals surface area contributed by atoms with Crippen molar-refractivity contribution in [1.82, 2.24) is 0 Å². The van der Waals surface area contributed by atoms with Crippen molar-refractivity contribution in [3.8, 4) is 0 Å². The van der Waals surface area contributed by atoms with Gasteiger partial charge in [0.15, 0.2) is 8.32 Å². The van der Waals surface area contributed by atoms with Crippen LogP contribution in [0.15, 0.2) is 17.9 Å². The fourth-order valence-electron chi connectivity index (χ4n) is 1.15. The van der Waals surface area contributed by atoms with E-state index in [1.54, 1.807) is 0 Å². The highest BCUT2D eigenvalue weighted by Crippen LogP contribution is 2.36. The maximum absolute atomic E-state index is 6.08. The Morgan fingerprint density at radius 2 is 1.71 bits per heavy atom. The SMILES string of the molecule is CCCCC=C=CCCO[Si](C)(C)C(C)(C)C. The van der Waals surface area contributed by atoms with Gasteiger partial charge in [-0.25, -0.2) is 0 Å². The van der Waals surface area contributed by atoms with Crippen LogP contribution in [0.1, 0.15) is 53.4 Å². The third-order valence-corrected chi connectivity index (χ3v) is 8.01. The maximum atomic E-state index is 6.08. The molecule has 1 nitrogen and oxygen atoms in total. The fraction of sp³-hybridized carbons (Fsp3) is 0.800. The molecular formula is C15H30OSi. The van der Waals surface area contributed by atoms with Gasteiger partial charge in [0.1, 0.15) is 0 Å². The predicted molar refractivity (Wildman–Crippen MR) is 79.9 cm³/mol. The smallest absolute Gasteiger partial charge is 0.191 e. The lowest BCUT2D eigenvalue weighted by atomic mass is 10.2. The molecule has 100 valence electrons. The average Bonchev–Trinajstić information content (AvgIpc) is 2.20. The summed E-state index contributed by atoms with van der Waals surface area (Å²) in [4.78, 5) is 0. The summed E-state index contributed by atoms with van der Waals surface area (Å²) in [6.45, 7) is 14.5. The van der Waals surface area contributed by atoms with Crippen LogP contribution in [0.5, 0.6) is 0 Å². The second-order valence-electron chi connectivity index (χ2n) is 6.11. The van der Waals surface area contributed by atoms with Gasteiger partial charge in [-0.2, -0.15) is 0 Å². The van der Waals surface area contributed by atoms with E-state index in [1.807, 2.05) is 0 Å². The van der Waals surface area contributed by atoms with Gasteiger partial charge in [-0.1, -0.05) is 34.1 Å². The molecule has 0 unspecified atom stereocenters. The molecule has 0 saturated carbocycles. The molecule has 0 amide bonds. The molecule has 0 aromatic carbocycles. The van der Waals surface area contributed by atoms with Gasteiger partial charge in [0.2, 0.25) is 0 Å². The fourth-order valence-corrected chi connectivity index (χ4v) is 2.21. The van der Waals surface area contributed by atoms with E-state index in [2.05, 4.69) is 58.7 Å². The van der Waals surface area contributed by atoms with Crippen molar-refractivity contribution in [3.63, 3.8) is 0 Å². The van der Waals surface area contributed by atoms with Crippen LogP contribution in [0.25, 0.3) is 0 Å². The van der Waals surface area contributed by atoms with Crippen LogP contribution >= 0.6 is 0 Å². The molecule has 0 bridgehead atoms. The van der Waals surface area contributed by atoms with Crippen molar-refractivity contribution in [2.45, 2.75) is 71.5 Å². The molecule has 0 aliphatic carbocycles. The van der Waals surface area contributed by atoms with Crippen molar-refractivity contribution >= 4 is 8.32 Å². The Morgan fingerprint density at radius 3 is 2.24 bits per heavy atom. The van der Waals surface area contributed by atoms with Crippen LogP contribution in [-0.2, 0) is 4.43 Å². The van der Waals surface area contributed by atoms with Gasteiger partial charge in [0, 0.05) is 6.61 Å². The van der Waals surface area contributed by atoms with Gasteiger partial charge < -0.3 is 4.43 Å². The van der Waals surface area contributed by atoms with E-state index < -0.39 is 8.32 Å². The molecule has 0 saturated heterocycles. The van der Waals surface area contributed by atoms with E-state index >= 15 is 0 Å². The molecule has 0 N–H and O–H groups in total. The molecule has 0 atom stereocenters. The first kappa shape index (κ1) is 16.7. The Hall–Kier alpha value is -0.303. The minimum atomic E-state index is -1.54.